The first-order chi connectivity index (χ1) is 14.2. The van der Waals surface area contributed by atoms with E-state index in [0.29, 0.717) is 0 Å². The molecule has 5 aromatic rings. The van der Waals surface area contributed by atoms with Gasteiger partial charge in [0.05, 0.1) is 21.7 Å². The van der Waals surface area contributed by atoms with Crippen LogP contribution in [0.25, 0.3) is 44.2 Å². The minimum Gasteiger partial charge on any atom is -0.258 e. The van der Waals surface area contributed by atoms with Crippen molar-refractivity contribution in [3.8, 4) is 22.4 Å². The molecule has 0 atom stereocenters. The Morgan fingerprint density at radius 2 is 1.52 bits per heavy atom. The van der Waals surface area contributed by atoms with Gasteiger partial charge >= 0.3 is 0 Å². The van der Waals surface area contributed by atoms with E-state index in [2.05, 4.69) is 23.2 Å². The smallest absolute Gasteiger partial charge is 0.258 e. The molecule has 0 radical (unpaired) electrons. The van der Waals surface area contributed by atoms with Crippen LogP contribution in [0.4, 0.5) is 5.69 Å². The van der Waals surface area contributed by atoms with E-state index in [9.17, 15) is 10.1 Å². The highest BCUT2D eigenvalue weighted by Gasteiger charge is 2.13. The summed E-state index contributed by atoms with van der Waals surface area (Å²) in [6.45, 7) is 0. The predicted octanol–water partition coefficient (Wildman–Crippen LogP) is 6.03. The minimum atomic E-state index is -0.397. The molecule has 0 spiro atoms. The van der Waals surface area contributed by atoms with Gasteiger partial charge in [-0.05, 0) is 47.5 Å². The fourth-order valence-electron chi connectivity index (χ4n) is 3.64. The predicted molar refractivity (Wildman–Crippen MR) is 115 cm³/mol. The number of hydrogen-bond donors (Lipinski definition) is 0. The van der Waals surface area contributed by atoms with Crippen LogP contribution in [-0.4, -0.2) is 14.9 Å². The highest BCUT2D eigenvalue weighted by Crippen LogP contribution is 2.36. The molecule has 5 nitrogen and oxygen atoms in total. The Hall–Kier alpha value is -4.12. The molecule has 0 N–H and O–H groups in total. The maximum atomic E-state index is 11.0. The number of fused-ring (bicyclic) bond motifs is 3. The lowest BCUT2D eigenvalue weighted by molar-refractivity contribution is -0.384. The zero-order valence-electron chi connectivity index (χ0n) is 15.3. The zero-order valence-corrected chi connectivity index (χ0v) is 15.3. The molecule has 0 aliphatic heterocycles. The number of rotatable bonds is 3. The van der Waals surface area contributed by atoms with Crippen molar-refractivity contribution in [2.24, 2.45) is 0 Å². The maximum Gasteiger partial charge on any atom is 0.269 e. The molecule has 29 heavy (non-hydrogen) atoms. The molecule has 0 saturated heterocycles. The lowest BCUT2D eigenvalue weighted by Gasteiger charge is -2.12. The molecule has 0 fully saturated rings. The number of non-ortho nitro benzene ring substituents is 1. The summed E-state index contributed by atoms with van der Waals surface area (Å²) in [5.74, 6) is 0. The van der Waals surface area contributed by atoms with E-state index in [4.69, 9.17) is 4.98 Å². The van der Waals surface area contributed by atoms with Crippen LogP contribution >= 0.6 is 0 Å². The van der Waals surface area contributed by atoms with Crippen LogP contribution in [0.5, 0.6) is 0 Å². The van der Waals surface area contributed by atoms with Crippen molar-refractivity contribution >= 4 is 27.5 Å². The van der Waals surface area contributed by atoms with E-state index in [1.54, 1.807) is 18.3 Å². The molecule has 3 aromatic carbocycles. The van der Waals surface area contributed by atoms with Gasteiger partial charge in [0, 0.05) is 34.7 Å². The molecule has 5 heteroatoms. The van der Waals surface area contributed by atoms with Crippen molar-refractivity contribution in [3.63, 3.8) is 0 Å². The molecule has 0 bridgehead atoms. The Labute approximate surface area is 166 Å². The number of nitro benzene ring substituents is 1. The van der Waals surface area contributed by atoms with Crippen molar-refractivity contribution in [2.45, 2.75) is 0 Å². The van der Waals surface area contributed by atoms with Crippen molar-refractivity contribution in [2.75, 3.05) is 0 Å². The number of pyridine rings is 2. The Bertz CT molecular complexity index is 1360. The van der Waals surface area contributed by atoms with E-state index in [0.717, 1.165) is 44.2 Å². The summed E-state index contributed by atoms with van der Waals surface area (Å²) in [6.07, 6.45) is 1.79. The lowest BCUT2D eigenvalue weighted by atomic mass is 9.96. The molecule has 2 heterocycles. The molecule has 138 valence electrons. The molecule has 5 rings (SSSR count). The van der Waals surface area contributed by atoms with Crippen LogP contribution in [0.2, 0.25) is 0 Å². The SMILES string of the molecule is O=[N+]([O-])c1ccc(-c2cc(-c3ccccc3)c3c(ccc4ncccc43)n2)cc1. The summed E-state index contributed by atoms with van der Waals surface area (Å²) in [5.41, 5.74) is 5.59. The minimum absolute atomic E-state index is 0.0647. The van der Waals surface area contributed by atoms with Gasteiger partial charge in [-0.3, -0.25) is 15.1 Å². The first-order valence-corrected chi connectivity index (χ1v) is 9.19. The van der Waals surface area contributed by atoms with Crippen molar-refractivity contribution in [3.05, 3.63) is 101 Å². The van der Waals surface area contributed by atoms with Gasteiger partial charge in [-0.1, -0.05) is 36.4 Å². The van der Waals surface area contributed by atoms with Gasteiger partial charge in [0.25, 0.3) is 5.69 Å². The third-order valence-corrected chi connectivity index (χ3v) is 5.01. The Morgan fingerprint density at radius 3 is 2.28 bits per heavy atom. The largest absolute Gasteiger partial charge is 0.269 e. The van der Waals surface area contributed by atoms with Crippen LogP contribution in [0.3, 0.4) is 0 Å². The van der Waals surface area contributed by atoms with Gasteiger partial charge in [0.1, 0.15) is 0 Å². The third kappa shape index (κ3) is 2.99. The molecular weight excluding hydrogens is 362 g/mol. The summed E-state index contributed by atoms with van der Waals surface area (Å²) in [6, 6.07) is 26.6. The lowest BCUT2D eigenvalue weighted by Crippen LogP contribution is -1.92. The molecular formula is C24H15N3O2. The second-order valence-electron chi connectivity index (χ2n) is 6.75. The Kier molecular flexibility index (Phi) is 3.99. The normalized spacial score (nSPS) is 11.0. The van der Waals surface area contributed by atoms with Crippen LogP contribution in [0, 0.1) is 10.1 Å². The van der Waals surface area contributed by atoms with Gasteiger partial charge in [0.15, 0.2) is 0 Å². The average molecular weight is 377 g/mol. The first kappa shape index (κ1) is 17.0. The van der Waals surface area contributed by atoms with Crippen molar-refractivity contribution < 1.29 is 4.92 Å². The second kappa shape index (κ2) is 6.80. The van der Waals surface area contributed by atoms with E-state index < -0.39 is 4.92 Å². The molecule has 0 saturated carbocycles. The summed E-state index contributed by atoms with van der Waals surface area (Å²) >= 11 is 0. The van der Waals surface area contributed by atoms with E-state index in [1.807, 2.05) is 42.5 Å². The first-order valence-electron chi connectivity index (χ1n) is 9.19. The summed E-state index contributed by atoms with van der Waals surface area (Å²) < 4.78 is 0. The fraction of sp³-hybridized carbons (Fsp3) is 0. The van der Waals surface area contributed by atoms with Crippen LogP contribution in [0.1, 0.15) is 0 Å². The number of aromatic nitrogens is 2. The van der Waals surface area contributed by atoms with E-state index in [1.165, 1.54) is 12.1 Å². The Morgan fingerprint density at radius 1 is 0.759 bits per heavy atom. The standard InChI is InChI=1S/C24H15N3O2/c28-27(29)18-10-8-17(9-11-18)23-15-20(16-5-2-1-3-6-16)24-19-7-4-14-25-21(19)12-13-22(24)26-23/h1-15H. The van der Waals surface area contributed by atoms with Gasteiger partial charge in [0.2, 0.25) is 0 Å². The highest BCUT2D eigenvalue weighted by atomic mass is 16.6. The number of nitrogens with zero attached hydrogens (tertiary/aromatic N) is 3. The molecule has 0 aliphatic carbocycles. The molecule has 0 amide bonds. The van der Waals surface area contributed by atoms with E-state index >= 15 is 0 Å². The topological polar surface area (TPSA) is 68.9 Å². The monoisotopic (exact) mass is 377 g/mol. The van der Waals surface area contributed by atoms with Gasteiger partial charge in [-0.25, -0.2) is 4.98 Å². The van der Waals surface area contributed by atoms with Gasteiger partial charge < -0.3 is 0 Å². The van der Waals surface area contributed by atoms with Crippen LogP contribution < -0.4 is 0 Å². The van der Waals surface area contributed by atoms with Gasteiger partial charge in [-0.2, -0.15) is 0 Å². The fourth-order valence-corrected chi connectivity index (χ4v) is 3.64. The van der Waals surface area contributed by atoms with Crippen LogP contribution in [-0.2, 0) is 0 Å². The molecule has 0 aliphatic rings. The Balaban J connectivity index is 1.82. The third-order valence-electron chi connectivity index (χ3n) is 5.01. The number of benzene rings is 3. The highest BCUT2D eigenvalue weighted by molar-refractivity contribution is 6.12. The van der Waals surface area contributed by atoms with Crippen molar-refractivity contribution in [1.29, 1.82) is 0 Å². The molecule has 2 aromatic heterocycles. The second-order valence-corrected chi connectivity index (χ2v) is 6.75. The molecule has 0 unspecified atom stereocenters. The summed E-state index contributed by atoms with van der Waals surface area (Å²) in [7, 11) is 0. The maximum absolute atomic E-state index is 11.0. The summed E-state index contributed by atoms with van der Waals surface area (Å²) in [4.78, 5) is 19.9. The van der Waals surface area contributed by atoms with Crippen LogP contribution in [0.15, 0.2) is 91.1 Å². The zero-order chi connectivity index (χ0) is 19.8. The quantitative estimate of drug-likeness (QED) is 0.219. The number of hydrogen-bond acceptors (Lipinski definition) is 4. The van der Waals surface area contributed by atoms with E-state index in [-0.39, 0.29) is 5.69 Å². The summed E-state index contributed by atoms with van der Waals surface area (Å²) in [5, 5.41) is 13.1. The van der Waals surface area contributed by atoms with Gasteiger partial charge in [-0.15, -0.1) is 0 Å². The average Bonchev–Trinajstić information content (AvgIpc) is 2.78. The number of nitro groups is 1. The van der Waals surface area contributed by atoms with Crippen molar-refractivity contribution in [1.82, 2.24) is 9.97 Å².